The van der Waals surface area contributed by atoms with E-state index in [4.69, 9.17) is 4.74 Å². The van der Waals surface area contributed by atoms with Crippen molar-refractivity contribution in [3.8, 4) is 0 Å². The van der Waals surface area contributed by atoms with Gasteiger partial charge in [0.2, 0.25) is 0 Å². The first-order valence-electron chi connectivity index (χ1n) is 6.33. The minimum absolute atomic E-state index is 0.672. The van der Waals surface area contributed by atoms with E-state index in [9.17, 15) is 0 Å². The maximum absolute atomic E-state index is 5.36. The largest absolute Gasteiger partial charge is 0.381 e. The second-order valence-electron chi connectivity index (χ2n) is 4.78. The van der Waals surface area contributed by atoms with E-state index in [-0.39, 0.29) is 0 Å². The highest BCUT2D eigenvalue weighted by Gasteiger charge is 2.16. The number of ether oxygens (including phenoxy) is 1. The number of hydrogen-bond acceptors (Lipinski definition) is 3. The molecule has 0 unspecified atom stereocenters. The van der Waals surface area contributed by atoms with Crippen molar-refractivity contribution in [3.05, 3.63) is 21.4 Å². The zero-order chi connectivity index (χ0) is 10.8. The molecule has 3 rings (SSSR count). The lowest BCUT2D eigenvalue weighted by Gasteiger charge is -2.22. The van der Waals surface area contributed by atoms with Crippen LogP contribution >= 0.6 is 11.3 Å². The Bertz CT molecular complexity index is 333. The molecule has 1 fully saturated rings. The minimum atomic E-state index is 0.672. The van der Waals surface area contributed by atoms with Gasteiger partial charge in [0, 0.05) is 35.6 Å². The van der Waals surface area contributed by atoms with Gasteiger partial charge in [-0.25, -0.2) is 0 Å². The van der Waals surface area contributed by atoms with Gasteiger partial charge in [0.05, 0.1) is 0 Å². The van der Waals surface area contributed by atoms with E-state index in [2.05, 4.69) is 11.4 Å². The molecule has 0 bridgehead atoms. The average Bonchev–Trinajstić information content (AvgIpc) is 2.88. The molecule has 3 heteroatoms. The molecule has 0 amide bonds. The van der Waals surface area contributed by atoms with Crippen LogP contribution in [0.3, 0.4) is 0 Å². The molecule has 1 saturated heterocycles. The highest BCUT2D eigenvalue weighted by Crippen LogP contribution is 2.30. The fourth-order valence-electron chi connectivity index (χ4n) is 2.62. The summed E-state index contributed by atoms with van der Waals surface area (Å²) >= 11 is 2.02. The summed E-state index contributed by atoms with van der Waals surface area (Å²) in [6.45, 7) is 2.92. The van der Waals surface area contributed by atoms with Crippen LogP contribution in [0.4, 0.5) is 0 Å². The van der Waals surface area contributed by atoms with Crippen molar-refractivity contribution in [2.45, 2.75) is 44.7 Å². The summed E-state index contributed by atoms with van der Waals surface area (Å²) in [7, 11) is 0. The lowest BCUT2D eigenvalue weighted by Crippen LogP contribution is -2.34. The van der Waals surface area contributed by atoms with Crippen LogP contribution in [0.1, 0.15) is 34.6 Å². The van der Waals surface area contributed by atoms with Crippen molar-refractivity contribution < 1.29 is 4.74 Å². The number of hydrogen-bond donors (Lipinski definition) is 1. The molecule has 1 N–H and O–H groups in total. The van der Waals surface area contributed by atoms with Crippen molar-refractivity contribution in [3.63, 3.8) is 0 Å². The van der Waals surface area contributed by atoms with Gasteiger partial charge >= 0.3 is 0 Å². The Morgan fingerprint density at radius 1 is 1.31 bits per heavy atom. The van der Waals surface area contributed by atoms with Crippen molar-refractivity contribution >= 4 is 11.3 Å². The van der Waals surface area contributed by atoms with Gasteiger partial charge in [-0.1, -0.05) is 0 Å². The molecule has 1 aromatic rings. The van der Waals surface area contributed by atoms with E-state index in [0.29, 0.717) is 6.04 Å². The molecule has 0 saturated carbocycles. The van der Waals surface area contributed by atoms with Crippen molar-refractivity contribution in [1.82, 2.24) is 5.32 Å². The Balaban J connectivity index is 1.53. The van der Waals surface area contributed by atoms with Gasteiger partial charge in [0.15, 0.2) is 0 Å². The van der Waals surface area contributed by atoms with E-state index < -0.39 is 0 Å². The SMILES string of the molecule is c1c(CNC2CCOCC2)sc2c1CCC2. The first kappa shape index (κ1) is 10.8. The number of fused-ring (bicyclic) bond motifs is 1. The van der Waals surface area contributed by atoms with E-state index in [1.165, 1.54) is 37.0 Å². The van der Waals surface area contributed by atoms with Crippen LogP contribution in [0.5, 0.6) is 0 Å². The van der Waals surface area contributed by atoms with Crippen LogP contribution in [0, 0.1) is 0 Å². The predicted molar refractivity (Wildman–Crippen MR) is 67.0 cm³/mol. The summed E-state index contributed by atoms with van der Waals surface area (Å²) in [5.41, 5.74) is 1.62. The molecular weight excluding hydrogens is 218 g/mol. The monoisotopic (exact) mass is 237 g/mol. The number of rotatable bonds is 3. The van der Waals surface area contributed by atoms with Gasteiger partial charge in [-0.3, -0.25) is 0 Å². The topological polar surface area (TPSA) is 21.3 Å². The second-order valence-corrected chi connectivity index (χ2v) is 6.00. The quantitative estimate of drug-likeness (QED) is 0.872. The third-order valence-electron chi connectivity index (χ3n) is 3.58. The van der Waals surface area contributed by atoms with E-state index in [1.54, 1.807) is 10.4 Å². The van der Waals surface area contributed by atoms with Gasteiger partial charge in [0.25, 0.3) is 0 Å². The van der Waals surface area contributed by atoms with Gasteiger partial charge in [-0.15, -0.1) is 11.3 Å². The Labute approximate surface area is 101 Å². The summed E-state index contributed by atoms with van der Waals surface area (Å²) in [4.78, 5) is 3.17. The third-order valence-corrected chi connectivity index (χ3v) is 4.82. The summed E-state index contributed by atoms with van der Waals surface area (Å²) in [5.74, 6) is 0. The zero-order valence-corrected chi connectivity index (χ0v) is 10.4. The average molecular weight is 237 g/mol. The maximum atomic E-state index is 5.36. The van der Waals surface area contributed by atoms with Gasteiger partial charge in [-0.05, 0) is 43.7 Å². The molecule has 0 atom stereocenters. The predicted octanol–water partition coefficient (Wildman–Crippen LogP) is 2.51. The molecule has 88 valence electrons. The molecular formula is C13H19NOS. The highest BCUT2D eigenvalue weighted by molar-refractivity contribution is 7.12. The molecule has 16 heavy (non-hydrogen) atoms. The molecule has 2 aliphatic rings. The molecule has 1 aliphatic carbocycles. The second kappa shape index (κ2) is 4.86. The molecule has 2 heterocycles. The molecule has 0 radical (unpaired) electrons. The smallest absolute Gasteiger partial charge is 0.0480 e. The summed E-state index contributed by atoms with van der Waals surface area (Å²) < 4.78 is 5.36. The van der Waals surface area contributed by atoms with Gasteiger partial charge in [-0.2, -0.15) is 0 Å². The van der Waals surface area contributed by atoms with E-state index in [1.807, 2.05) is 11.3 Å². The molecule has 1 aliphatic heterocycles. The van der Waals surface area contributed by atoms with Crippen molar-refractivity contribution in [2.75, 3.05) is 13.2 Å². The Morgan fingerprint density at radius 3 is 3.00 bits per heavy atom. The normalized spacial score (nSPS) is 21.2. The molecule has 0 spiro atoms. The Hall–Kier alpha value is -0.380. The summed E-state index contributed by atoms with van der Waals surface area (Å²) in [6, 6.07) is 3.09. The van der Waals surface area contributed by atoms with Crippen LogP contribution in [0.2, 0.25) is 0 Å². The highest BCUT2D eigenvalue weighted by atomic mass is 32.1. The Morgan fingerprint density at radius 2 is 2.19 bits per heavy atom. The lowest BCUT2D eigenvalue weighted by molar-refractivity contribution is 0.0777. The summed E-state index contributed by atoms with van der Waals surface area (Å²) in [5, 5.41) is 3.66. The molecule has 1 aromatic heterocycles. The number of nitrogens with one attached hydrogen (secondary N) is 1. The zero-order valence-electron chi connectivity index (χ0n) is 9.63. The first-order chi connectivity index (χ1) is 7.92. The Kier molecular flexibility index (Phi) is 3.27. The standard InChI is InChI=1S/C13H19NOS/c1-2-10-8-12(16-13(10)3-1)9-14-11-4-6-15-7-5-11/h8,11,14H,1-7,9H2. The fraction of sp³-hybridized carbons (Fsp3) is 0.692. The lowest BCUT2D eigenvalue weighted by atomic mass is 10.1. The summed E-state index contributed by atoms with van der Waals surface area (Å²) in [6.07, 6.45) is 6.34. The van der Waals surface area contributed by atoms with Crippen molar-refractivity contribution in [2.24, 2.45) is 0 Å². The van der Waals surface area contributed by atoms with E-state index in [0.717, 1.165) is 19.8 Å². The molecule has 0 aromatic carbocycles. The number of thiophene rings is 1. The van der Waals surface area contributed by atoms with Crippen LogP contribution < -0.4 is 5.32 Å². The van der Waals surface area contributed by atoms with Gasteiger partial charge in [0.1, 0.15) is 0 Å². The van der Waals surface area contributed by atoms with Crippen LogP contribution in [-0.2, 0) is 24.1 Å². The fourth-order valence-corrected chi connectivity index (χ4v) is 3.84. The van der Waals surface area contributed by atoms with Crippen LogP contribution in [0.15, 0.2) is 6.07 Å². The first-order valence-corrected chi connectivity index (χ1v) is 7.15. The van der Waals surface area contributed by atoms with Crippen LogP contribution in [0.25, 0.3) is 0 Å². The van der Waals surface area contributed by atoms with Crippen LogP contribution in [-0.4, -0.2) is 19.3 Å². The van der Waals surface area contributed by atoms with E-state index >= 15 is 0 Å². The molecule has 2 nitrogen and oxygen atoms in total. The van der Waals surface area contributed by atoms with Gasteiger partial charge < -0.3 is 10.1 Å². The third kappa shape index (κ3) is 2.31. The number of aryl methyl sites for hydroxylation is 2. The minimum Gasteiger partial charge on any atom is -0.381 e. The maximum Gasteiger partial charge on any atom is 0.0480 e. The van der Waals surface area contributed by atoms with Crippen molar-refractivity contribution in [1.29, 1.82) is 0 Å².